The summed E-state index contributed by atoms with van der Waals surface area (Å²) < 4.78 is 0. The van der Waals surface area contributed by atoms with Gasteiger partial charge >= 0.3 is 0 Å². The van der Waals surface area contributed by atoms with E-state index in [0.29, 0.717) is 16.9 Å². The normalized spacial score (nSPS) is 31.3. The number of nitrogens with zero attached hydrogens (tertiary/aromatic N) is 2. The zero-order valence-corrected chi connectivity index (χ0v) is 13.1. The summed E-state index contributed by atoms with van der Waals surface area (Å²) in [6, 6.07) is 7.70. The monoisotopic (exact) mass is 288 g/mol. The molecule has 0 radical (unpaired) electrons. The van der Waals surface area contributed by atoms with E-state index in [4.69, 9.17) is 0 Å². The molecule has 4 nitrogen and oxygen atoms in total. The van der Waals surface area contributed by atoms with Gasteiger partial charge in [0.25, 0.3) is 5.69 Å². The van der Waals surface area contributed by atoms with Gasteiger partial charge in [0, 0.05) is 31.3 Å². The van der Waals surface area contributed by atoms with Gasteiger partial charge in [-0.1, -0.05) is 32.9 Å². The maximum Gasteiger partial charge on any atom is 0.269 e. The first-order valence-corrected chi connectivity index (χ1v) is 7.74. The van der Waals surface area contributed by atoms with E-state index in [1.807, 2.05) is 6.07 Å². The Labute approximate surface area is 126 Å². The van der Waals surface area contributed by atoms with E-state index in [2.05, 4.69) is 25.7 Å². The molecule has 0 N–H and O–H groups in total. The van der Waals surface area contributed by atoms with Crippen molar-refractivity contribution in [2.24, 2.45) is 10.8 Å². The Balaban J connectivity index is 1.77. The molecule has 114 valence electrons. The van der Waals surface area contributed by atoms with Gasteiger partial charge in [-0.2, -0.15) is 0 Å². The van der Waals surface area contributed by atoms with Gasteiger partial charge in [0.2, 0.25) is 0 Å². The lowest BCUT2D eigenvalue weighted by molar-refractivity contribution is -0.384. The average Bonchev–Trinajstić information content (AvgIpc) is 2.58. The van der Waals surface area contributed by atoms with Gasteiger partial charge in [0.1, 0.15) is 0 Å². The average molecular weight is 288 g/mol. The molecule has 0 unspecified atom stereocenters. The molecule has 1 aliphatic heterocycles. The second-order valence-corrected chi connectivity index (χ2v) is 8.05. The van der Waals surface area contributed by atoms with Crippen molar-refractivity contribution in [3.8, 4) is 0 Å². The Morgan fingerprint density at radius 3 is 2.81 bits per heavy atom. The Kier molecular flexibility index (Phi) is 3.32. The molecule has 0 aromatic heterocycles. The molecule has 1 saturated carbocycles. The van der Waals surface area contributed by atoms with Crippen molar-refractivity contribution in [1.82, 2.24) is 4.90 Å². The SMILES string of the molecule is CC1(C)C[C@H]2C[C@](C)(CN2Cc2cccc([N+](=O)[O-])c2)C1. The lowest BCUT2D eigenvalue weighted by Gasteiger charge is -2.40. The summed E-state index contributed by atoms with van der Waals surface area (Å²) in [5.41, 5.74) is 2.07. The van der Waals surface area contributed by atoms with Crippen molar-refractivity contribution >= 4 is 5.69 Å². The Hall–Kier alpha value is -1.42. The van der Waals surface area contributed by atoms with Crippen LogP contribution in [0.5, 0.6) is 0 Å². The van der Waals surface area contributed by atoms with E-state index in [9.17, 15) is 10.1 Å². The first kappa shape index (κ1) is 14.5. The maximum absolute atomic E-state index is 10.9. The number of fused-ring (bicyclic) bond motifs is 2. The predicted octanol–water partition coefficient (Wildman–Crippen LogP) is 4.00. The minimum absolute atomic E-state index is 0.196. The zero-order valence-electron chi connectivity index (χ0n) is 13.1. The second kappa shape index (κ2) is 4.80. The van der Waals surface area contributed by atoms with Crippen molar-refractivity contribution in [3.05, 3.63) is 39.9 Å². The van der Waals surface area contributed by atoms with E-state index < -0.39 is 0 Å². The number of benzene rings is 1. The fraction of sp³-hybridized carbons (Fsp3) is 0.647. The van der Waals surface area contributed by atoms with Crippen LogP contribution < -0.4 is 0 Å². The smallest absolute Gasteiger partial charge is 0.269 e. The molecule has 0 amide bonds. The third-order valence-corrected chi connectivity index (χ3v) is 5.03. The van der Waals surface area contributed by atoms with Crippen LogP contribution in [0.1, 0.15) is 45.6 Å². The van der Waals surface area contributed by atoms with Crippen molar-refractivity contribution in [3.63, 3.8) is 0 Å². The zero-order chi connectivity index (χ0) is 15.3. The van der Waals surface area contributed by atoms with Crippen LogP contribution in [0.25, 0.3) is 0 Å². The summed E-state index contributed by atoms with van der Waals surface area (Å²) in [5, 5.41) is 10.9. The Bertz CT molecular complexity index is 570. The fourth-order valence-corrected chi connectivity index (χ4v) is 4.76. The molecule has 1 aromatic rings. The van der Waals surface area contributed by atoms with Crippen LogP contribution in [-0.4, -0.2) is 22.4 Å². The Morgan fingerprint density at radius 1 is 1.33 bits per heavy atom. The number of hydrogen-bond acceptors (Lipinski definition) is 3. The van der Waals surface area contributed by atoms with Crippen LogP contribution in [-0.2, 0) is 6.54 Å². The predicted molar refractivity (Wildman–Crippen MR) is 83.0 cm³/mol. The molecule has 1 aromatic carbocycles. The van der Waals surface area contributed by atoms with E-state index in [0.717, 1.165) is 18.7 Å². The van der Waals surface area contributed by atoms with E-state index in [1.165, 1.54) is 19.3 Å². The molecule has 1 saturated heterocycles. The van der Waals surface area contributed by atoms with Crippen molar-refractivity contribution in [2.45, 2.75) is 52.6 Å². The number of nitro groups is 1. The highest BCUT2D eigenvalue weighted by atomic mass is 16.6. The molecular weight excluding hydrogens is 264 g/mol. The third kappa shape index (κ3) is 2.95. The van der Waals surface area contributed by atoms with Gasteiger partial charge in [0.05, 0.1) is 4.92 Å². The number of nitro benzene ring substituents is 1. The summed E-state index contributed by atoms with van der Waals surface area (Å²) in [6.45, 7) is 9.08. The lowest BCUT2D eigenvalue weighted by Crippen LogP contribution is -2.34. The van der Waals surface area contributed by atoms with Crippen LogP contribution in [0.2, 0.25) is 0 Å². The van der Waals surface area contributed by atoms with Crippen LogP contribution in [0.4, 0.5) is 5.69 Å². The summed E-state index contributed by atoms with van der Waals surface area (Å²) in [4.78, 5) is 13.1. The van der Waals surface area contributed by atoms with Crippen LogP contribution in [0.15, 0.2) is 24.3 Å². The standard InChI is InChI=1S/C17H24N2O2/c1-16(2)8-15-9-17(3,11-16)12-18(15)10-13-5-4-6-14(7-13)19(20)21/h4-7,15H,8-12H2,1-3H3/t15-,17-/m0/s1. The number of rotatable bonds is 3. The lowest BCUT2D eigenvalue weighted by atomic mass is 9.65. The van der Waals surface area contributed by atoms with Crippen molar-refractivity contribution in [2.75, 3.05) is 6.54 Å². The number of hydrogen-bond donors (Lipinski definition) is 0. The summed E-state index contributed by atoms with van der Waals surface area (Å²) in [7, 11) is 0. The molecule has 1 aliphatic carbocycles. The highest BCUT2D eigenvalue weighted by Crippen LogP contribution is 2.52. The molecule has 2 atom stereocenters. The first-order chi connectivity index (χ1) is 9.76. The van der Waals surface area contributed by atoms with Gasteiger partial charge in [-0.3, -0.25) is 15.0 Å². The summed E-state index contributed by atoms with van der Waals surface area (Å²) >= 11 is 0. The first-order valence-electron chi connectivity index (χ1n) is 7.74. The van der Waals surface area contributed by atoms with Crippen molar-refractivity contribution in [1.29, 1.82) is 0 Å². The van der Waals surface area contributed by atoms with Crippen LogP contribution in [0, 0.1) is 20.9 Å². The van der Waals surface area contributed by atoms with Gasteiger partial charge in [-0.15, -0.1) is 0 Å². The second-order valence-electron chi connectivity index (χ2n) is 8.05. The van der Waals surface area contributed by atoms with Gasteiger partial charge < -0.3 is 0 Å². The topological polar surface area (TPSA) is 46.4 Å². The molecule has 4 heteroatoms. The Morgan fingerprint density at radius 2 is 2.10 bits per heavy atom. The van der Waals surface area contributed by atoms with Gasteiger partial charge in [-0.05, 0) is 35.7 Å². The van der Waals surface area contributed by atoms with Crippen LogP contribution >= 0.6 is 0 Å². The molecule has 21 heavy (non-hydrogen) atoms. The fourth-order valence-electron chi connectivity index (χ4n) is 4.76. The number of likely N-dealkylation sites (tertiary alicyclic amines) is 1. The van der Waals surface area contributed by atoms with E-state index >= 15 is 0 Å². The molecule has 2 fully saturated rings. The molecule has 0 spiro atoms. The highest BCUT2D eigenvalue weighted by Gasteiger charge is 2.49. The summed E-state index contributed by atoms with van der Waals surface area (Å²) in [6.07, 6.45) is 3.78. The molecule has 2 aliphatic rings. The van der Waals surface area contributed by atoms with Crippen molar-refractivity contribution < 1.29 is 4.92 Å². The molecule has 1 heterocycles. The molecule has 3 rings (SSSR count). The van der Waals surface area contributed by atoms with Gasteiger partial charge in [-0.25, -0.2) is 0 Å². The largest absolute Gasteiger partial charge is 0.296 e. The minimum Gasteiger partial charge on any atom is -0.296 e. The van der Waals surface area contributed by atoms with E-state index in [-0.39, 0.29) is 10.6 Å². The number of non-ortho nitro benzene ring substituents is 1. The molecule has 2 bridgehead atoms. The van der Waals surface area contributed by atoms with E-state index in [1.54, 1.807) is 18.2 Å². The van der Waals surface area contributed by atoms with Gasteiger partial charge in [0.15, 0.2) is 0 Å². The van der Waals surface area contributed by atoms with Crippen LogP contribution in [0.3, 0.4) is 0 Å². The quantitative estimate of drug-likeness (QED) is 0.624. The third-order valence-electron chi connectivity index (χ3n) is 5.03. The highest BCUT2D eigenvalue weighted by molar-refractivity contribution is 5.34. The maximum atomic E-state index is 10.9. The summed E-state index contributed by atoms with van der Waals surface area (Å²) in [5.74, 6) is 0. The minimum atomic E-state index is -0.309. The molecular formula is C17H24N2O2.